The van der Waals surface area contributed by atoms with Gasteiger partial charge in [-0.25, -0.2) is 15.0 Å². The molecule has 0 radical (unpaired) electrons. The maximum atomic E-state index is 10.2. The molecule has 138 valence electrons. The lowest BCUT2D eigenvalue weighted by Crippen LogP contribution is -2.33. The van der Waals surface area contributed by atoms with Crippen molar-refractivity contribution in [3.63, 3.8) is 0 Å². The van der Waals surface area contributed by atoms with Crippen LogP contribution < -0.4 is 4.90 Å². The third kappa shape index (κ3) is 3.08. The summed E-state index contributed by atoms with van der Waals surface area (Å²) in [5.74, 6) is 0.705. The summed E-state index contributed by atoms with van der Waals surface area (Å²) in [5.41, 5.74) is 1.11. The summed E-state index contributed by atoms with van der Waals surface area (Å²) in [5, 5.41) is 29.5. The van der Waals surface area contributed by atoms with E-state index in [1.807, 2.05) is 7.05 Å². The minimum absolute atomic E-state index is 0.294. The van der Waals surface area contributed by atoms with E-state index in [-0.39, 0.29) is 6.61 Å². The van der Waals surface area contributed by atoms with Gasteiger partial charge in [0.05, 0.1) is 12.9 Å². The molecular weight excluding hydrogens is 326 g/mol. The Labute approximate surface area is 145 Å². The lowest BCUT2D eigenvalue weighted by atomic mass is 10.1. The van der Waals surface area contributed by atoms with Crippen molar-refractivity contribution in [2.24, 2.45) is 0 Å². The first-order valence-corrected chi connectivity index (χ1v) is 8.52. The standard InChI is InChI=1S/C16H25N5O4/c1-4-5-9(2)20(3)14-11-15(18-7-17-14)21(8-19-11)16-13(24)12(23)10(6-22)25-16/h7-10,12-13,16,22-24H,4-6H2,1-3H3/t9?,10-,12-,13-,16-/m1/s1. The summed E-state index contributed by atoms with van der Waals surface area (Å²) in [7, 11) is 1.97. The van der Waals surface area contributed by atoms with Gasteiger partial charge in [-0.1, -0.05) is 13.3 Å². The molecule has 2 aromatic rings. The van der Waals surface area contributed by atoms with Gasteiger partial charge in [-0.15, -0.1) is 0 Å². The third-order valence-corrected chi connectivity index (χ3v) is 4.83. The van der Waals surface area contributed by atoms with E-state index in [4.69, 9.17) is 4.74 Å². The van der Waals surface area contributed by atoms with E-state index in [9.17, 15) is 15.3 Å². The Morgan fingerprint density at radius 1 is 1.28 bits per heavy atom. The molecule has 3 rings (SSSR count). The van der Waals surface area contributed by atoms with Crippen LogP contribution in [0.2, 0.25) is 0 Å². The fourth-order valence-corrected chi connectivity index (χ4v) is 3.21. The van der Waals surface area contributed by atoms with Crippen molar-refractivity contribution in [1.82, 2.24) is 19.5 Å². The van der Waals surface area contributed by atoms with Gasteiger partial charge >= 0.3 is 0 Å². The Morgan fingerprint density at radius 2 is 2.04 bits per heavy atom. The molecular formula is C16H25N5O4. The second kappa shape index (κ2) is 7.20. The van der Waals surface area contributed by atoms with Crippen LogP contribution >= 0.6 is 0 Å². The molecule has 0 spiro atoms. The van der Waals surface area contributed by atoms with Gasteiger partial charge in [0.1, 0.15) is 24.6 Å². The highest BCUT2D eigenvalue weighted by molar-refractivity contribution is 5.83. The Bertz CT molecular complexity index is 724. The van der Waals surface area contributed by atoms with E-state index < -0.39 is 24.5 Å². The lowest BCUT2D eigenvalue weighted by molar-refractivity contribution is -0.0511. The van der Waals surface area contributed by atoms with Gasteiger partial charge in [-0.05, 0) is 13.3 Å². The van der Waals surface area contributed by atoms with Crippen LogP contribution in [0.15, 0.2) is 12.7 Å². The number of rotatable bonds is 6. The molecule has 3 heterocycles. The van der Waals surface area contributed by atoms with E-state index in [1.54, 1.807) is 4.57 Å². The second-order valence-corrected chi connectivity index (χ2v) is 6.50. The minimum atomic E-state index is -1.18. The molecule has 9 nitrogen and oxygen atoms in total. The molecule has 1 aliphatic heterocycles. The van der Waals surface area contributed by atoms with Gasteiger partial charge in [0.15, 0.2) is 23.2 Å². The summed E-state index contributed by atoms with van der Waals surface area (Å²) in [4.78, 5) is 15.1. The third-order valence-electron chi connectivity index (χ3n) is 4.83. The Balaban J connectivity index is 1.97. The van der Waals surface area contributed by atoms with E-state index >= 15 is 0 Å². The molecule has 0 aliphatic carbocycles. The van der Waals surface area contributed by atoms with Gasteiger partial charge in [0.25, 0.3) is 0 Å². The SMILES string of the molecule is CCCC(C)N(C)c1ncnc2c1ncn2[C@@H]1O[C@H](CO)[C@@H](O)[C@H]1O. The van der Waals surface area contributed by atoms with Crippen LogP contribution in [-0.4, -0.2) is 72.8 Å². The molecule has 1 fully saturated rings. The zero-order chi connectivity index (χ0) is 18.1. The molecule has 0 amide bonds. The van der Waals surface area contributed by atoms with Gasteiger partial charge in [0.2, 0.25) is 0 Å². The molecule has 0 bridgehead atoms. The van der Waals surface area contributed by atoms with E-state index in [0.717, 1.165) is 12.8 Å². The van der Waals surface area contributed by atoms with E-state index in [1.165, 1.54) is 12.7 Å². The molecule has 25 heavy (non-hydrogen) atoms. The van der Waals surface area contributed by atoms with E-state index in [0.29, 0.717) is 23.0 Å². The number of aliphatic hydroxyl groups is 3. The number of hydrogen-bond donors (Lipinski definition) is 3. The van der Waals surface area contributed by atoms with Crippen LogP contribution in [0.4, 0.5) is 5.82 Å². The Kier molecular flexibility index (Phi) is 5.19. The average Bonchev–Trinajstić information content (AvgIpc) is 3.16. The highest BCUT2D eigenvalue weighted by Gasteiger charge is 2.44. The first-order chi connectivity index (χ1) is 12.0. The Morgan fingerprint density at radius 3 is 2.68 bits per heavy atom. The normalized spacial score (nSPS) is 27.8. The van der Waals surface area contributed by atoms with Crippen molar-refractivity contribution in [3.8, 4) is 0 Å². The molecule has 1 aliphatic rings. The zero-order valence-corrected chi connectivity index (χ0v) is 14.6. The molecule has 0 aromatic carbocycles. The van der Waals surface area contributed by atoms with Crippen molar-refractivity contribution >= 4 is 17.0 Å². The fourth-order valence-electron chi connectivity index (χ4n) is 3.21. The summed E-state index contributed by atoms with van der Waals surface area (Å²) >= 11 is 0. The summed E-state index contributed by atoms with van der Waals surface area (Å²) < 4.78 is 7.14. The van der Waals surface area contributed by atoms with Crippen molar-refractivity contribution in [2.75, 3.05) is 18.6 Å². The summed E-state index contributed by atoms with van der Waals surface area (Å²) in [6, 6.07) is 0.294. The lowest BCUT2D eigenvalue weighted by Gasteiger charge is -2.25. The van der Waals surface area contributed by atoms with Crippen LogP contribution in [0.5, 0.6) is 0 Å². The highest BCUT2D eigenvalue weighted by atomic mass is 16.6. The monoisotopic (exact) mass is 351 g/mol. The molecule has 5 atom stereocenters. The number of anilines is 1. The van der Waals surface area contributed by atoms with Crippen LogP contribution in [0.3, 0.4) is 0 Å². The predicted molar refractivity (Wildman–Crippen MR) is 91.1 cm³/mol. The van der Waals surface area contributed by atoms with Crippen LogP contribution in [0.1, 0.15) is 32.9 Å². The number of fused-ring (bicyclic) bond motifs is 1. The van der Waals surface area contributed by atoms with Gasteiger partial charge in [-0.2, -0.15) is 0 Å². The minimum Gasteiger partial charge on any atom is -0.394 e. The predicted octanol–water partition coefficient (Wildman–Crippen LogP) is 0.0626. The number of ether oxygens (including phenoxy) is 1. The van der Waals surface area contributed by atoms with Crippen LogP contribution in [-0.2, 0) is 4.74 Å². The quantitative estimate of drug-likeness (QED) is 0.669. The van der Waals surface area contributed by atoms with Crippen molar-refractivity contribution in [2.45, 2.75) is 57.3 Å². The van der Waals surface area contributed by atoms with Gasteiger partial charge < -0.3 is 25.0 Å². The highest BCUT2D eigenvalue weighted by Crippen LogP contribution is 2.32. The zero-order valence-electron chi connectivity index (χ0n) is 14.6. The molecule has 1 unspecified atom stereocenters. The van der Waals surface area contributed by atoms with Crippen LogP contribution in [0.25, 0.3) is 11.2 Å². The smallest absolute Gasteiger partial charge is 0.167 e. The topological polar surface area (TPSA) is 117 Å². The summed E-state index contributed by atoms with van der Waals surface area (Å²) in [6.07, 6.45) is 1.01. The maximum absolute atomic E-state index is 10.2. The molecule has 9 heteroatoms. The van der Waals surface area contributed by atoms with Crippen molar-refractivity contribution < 1.29 is 20.1 Å². The first kappa shape index (κ1) is 18.0. The first-order valence-electron chi connectivity index (χ1n) is 8.52. The van der Waals surface area contributed by atoms with Gasteiger partial charge in [-0.3, -0.25) is 4.57 Å². The number of nitrogens with zero attached hydrogens (tertiary/aromatic N) is 5. The molecule has 0 saturated carbocycles. The van der Waals surface area contributed by atoms with Crippen molar-refractivity contribution in [1.29, 1.82) is 0 Å². The number of aliphatic hydroxyl groups excluding tert-OH is 3. The van der Waals surface area contributed by atoms with Crippen LogP contribution in [0, 0.1) is 0 Å². The summed E-state index contributed by atoms with van der Waals surface area (Å²) in [6.45, 7) is 3.88. The number of imidazole rings is 1. The van der Waals surface area contributed by atoms with Gasteiger partial charge in [0, 0.05) is 13.1 Å². The second-order valence-electron chi connectivity index (χ2n) is 6.50. The number of aromatic nitrogens is 4. The average molecular weight is 351 g/mol. The van der Waals surface area contributed by atoms with E-state index in [2.05, 4.69) is 33.7 Å². The molecule has 1 saturated heterocycles. The molecule has 3 N–H and O–H groups in total. The Hall–Kier alpha value is -1.81. The fraction of sp³-hybridized carbons (Fsp3) is 0.688. The van der Waals surface area contributed by atoms with Crippen molar-refractivity contribution in [3.05, 3.63) is 12.7 Å². The molecule has 2 aromatic heterocycles. The maximum Gasteiger partial charge on any atom is 0.167 e. The largest absolute Gasteiger partial charge is 0.394 e. The number of hydrogen-bond acceptors (Lipinski definition) is 8.